The number of rotatable bonds is 14. The normalized spacial score (nSPS) is 14.6. The number of aliphatic hydroxyl groups excluding tert-OH is 1. The molecule has 0 aromatic heterocycles. The summed E-state index contributed by atoms with van der Waals surface area (Å²) in [6.45, 7) is 4.59. The van der Waals surface area contributed by atoms with Crippen LogP contribution >= 0.6 is 0 Å². The number of amides is 3. The van der Waals surface area contributed by atoms with Crippen LogP contribution in [0.4, 0.5) is 0 Å². The Balaban J connectivity index is 4.86. The molecule has 0 aliphatic carbocycles. The molecule has 0 saturated carbocycles. The van der Waals surface area contributed by atoms with Gasteiger partial charge in [0.25, 0.3) is 0 Å². The molecule has 0 bridgehead atoms. The molecule has 0 aliphatic rings. The zero-order valence-electron chi connectivity index (χ0n) is 18.1. The average molecular weight is 446 g/mol. The summed E-state index contributed by atoms with van der Waals surface area (Å²) in [5, 5.41) is 25.2. The summed E-state index contributed by atoms with van der Waals surface area (Å²) in [5.74, 6) is -3.41. The van der Waals surface area contributed by atoms with Crippen LogP contribution in [0.15, 0.2) is 4.99 Å². The fourth-order valence-corrected chi connectivity index (χ4v) is 2.49. The van der Waals surface area contributed by atoms with Crippen molar-refractivity contribution < 1.29 is 29.4 Å². The highest BCUT2D eigenvalue weighted by molar-refractivity contribution is 5.93. The number of aliphatic carboxylic acids is 1. The molecule has 11 N–H and O–H groups in total. The van der Waals surface area contributed by atoms with Gasteiger partial charge >= 0.3 is 5.97 Å². The molecule has 0 aromatic rings. The van der Waals surface area contributed by atoms with E-state index in [0.717, 1.165) is 0 Å². The highest BCUT2D eigenvalue weighted by atomic mass is 16.4. The van der Waals surface area contributed by atoms with E-state index in [1.54, 1.807) is 0 Å². The maximum atomic E-state index is 12.5. The molecule has 0 aromatic carbocycles. The third kappa shape index (κ3) is 11.7. The molecule has 0 saturated heterocycles. The van der Waals surface area contributed by atoms with Crippen molar-refractivity contribution in [3.8, 4) is 0 Å². The van der Waals surface area contributed by atoms with Crippen LogP contribution in [-0.2, 0) is 19.2 Å². The number of aliphatic hydroxyl groups is 1. The van der Waals surface area contributed by atoms with Gasteiger partial charge in [-0.1, -0.05) is 13.8 Å². The molecule has 0 aliphatic heterocycles. The third-order valence-corrected chi connectivity index (χ3v) is 4.19. The van der Waals surface area contributed by atoms with E-state index in [1.165, 1.54) is 6.92 Å². The SMILES string of the molecule is CC(C)CC(NC(=O)C(C)NC(=O)C(N)CCCN=C(N)N)C(=O)NC(CO)C(=O)O. The van der Waals surface area contributed by atoms with Gasteiger partial charge in [0.05, 0.1) is 12.6 Å². The number of guanidine groups is 1. The van der Waals surface area contributed by atoms with Crippen LogP contribution in [0.3, 0.4) is 0 Å². The molecule has 0 radical (unpaired) electrons. The van der Waals surface area contributed by atoms with Gasteiger partial charge in [-0.15, -0.1) is 0 Å². The Morgan fingerprint density at radius 1 is 0.935 bits per heavy atom. The molecule has 0 rings (SSSR count). The quantitative estimate of drug-likeness (QED) is 0.0769. The van der Waals surface area contributed by atoms with Crippen molar-refractivity contribution in [2.24, 2.45) is 28.1 Å². The Labute approximate surface area is 181 Å². The number of nitrogens with zero attached hydrogens (tertiary/aromatic N) is 1. The van der Waals surface area contributed by atoms with Crippen LogP contribution in [0.25, 0.3) is 0 Å². The molecule has 0 heterocycles. The van der Waals surface area contributed by atoms with Crippen LogP contribution in [0.2, 0.25) is 0 Å². The van der Waals surface area contributed by atoms with E-state index < -0.39 is 54.5 Å². The van der Waals surface area contributed by atoms with E-state index in [9.17, 15) is 19.2 Å². The number of carboxylic acids is 1. The molecular weight excluding hydrogens is 410 g/mol. The lowest BCUT2D eigenvalue weighted by molar-refractivity contribution is -0.143. The highest BCUT2D eigenvalue weighted by Gasteiger charge is 2.29. The Bertz CT molecular complexity index is 651. The lowest BCUT2D eigenvalue weighted by Gasteiger charge is -2.24. The summed E-state index contributed by atoms with van der Waals surface area (Å²) in [5.41, 5.74) is 16.2. The molecule has 3 amide bonds. The number of carbonyl (C=O) groups is 4. The Morgan fingerprint density at radius 3 is 2.00 bits per heavy atom. The summed E-state index contributed by atoms with van der Waals surface area (Å²) in [4.78, 5) is 51.8. The number of nitrogens with two attached hydrogens (primary N) is 3. The van der Waals surface area contributed by atoms with Gasteiger partial charge < -0.3 is 43.4 Å². The second-order valence-electron chi connectivity index (χ2n) is 7.56. The minimum absolute atomic E-state index is 0.00279. The molecule has 0 spiro atoms. The van der Waals surface area contributed by atoms with Crippen molar-refractivity contribution in [2.45, 2.75) is 64.2 Å². The van der Waals surface area contributed by atoms with Gasteiger partial charge in [0, 0.05) is 6.54 Å². The van der Waals surface area contributed by atoms with E-state index in [4.69, 9.17) is 27.4 Å². The summed E-state index contributed by atoms with van der Waals surface area (Å²) in [6.07, 6.45) is 0.993. The van der Waals surface area contributed by atoms with Gasteiger partial charge in [-0.05, 0) is 32.1 Å². The van der Waals surface area contributed by atoms with Crippen LogP contribution in [-0.4, -0.2) is 77.2 Å². The maximum Gasteiger partial charge on any atom is 0.328 e. The summed E-state index contributed by atoms with van der Waals surface area (Å²) >= 11 is 0. The van der Waals surface area contributed by atoms with Crippen LogP contribution in [0.1, 0.15) is 40.0 Å². The number of carboxylic acid groups (broad SMARTS) is 1. The van der Waals surface area contributed by atoms with Gasteiger partial charge in [0.2, 0.25) is 17.7 Å². The molecule has 4 atom stereocenters. The smallest absolute Gasteiger partial charge is 0.328 e. The summed E-state index contributed by atoms with van der Waals surface area (Å²) < 4.78 is 0. The van der Waals surface area contributed by atoms with Gasteiger partial charge in [0.15, 0.2) is 5.96 Å². The van der Waals surface area contributed by atoms with Crippen molar-refractivity contribution in [3.63, 3.8) is 0 Å². The van der Waals surface area contributed by atoms with E-state index in [0.29, 0.717) is 19.4 Å². The average Bonchev–Trinajstić information content (AvgIpc) is 2.67. The van der Waals surface area contributed by atoms with E-state index in [-0.39, 0.29) is 18.3 Å². The molecule has 13 heteroatoms. The van der Waals surface area contributed by atoms with Crippen LogP contribution in [0, 0.1) is 5.92 Å². The van der Waals surface area contributed by atoms with Gasteiger partial charge in [0.1, 0.15) is 18.1 Å². The Kier molecular flexibility index (Phi) is 12.8. The predicted octanol–water partition coefficient (Wildman–Crippen LogP) is -3.04. The minimum atomic E-state index is -1.49. The number of hydrogen-bond acceptors (Lipinski definition) is 7. The number of hydrogen-bond donors (Lipinski definition) is 8. The fraction of sp³-hybridized carbons (Fsp3) is 0.722. The summed E-state index contributed by atoms with van der Waals surface area (Å²) in [7, 11) is 0. The highest BCUT2D eigenvalue weighted by Crippen LogP contribution is 2.06. The molecule has 4 unspecified atom stereocenters. The van der Waals surface area contributed by atoms with E-state index >= 15 is 0 Å². The predicted molar refractivity (Wildman–Crippen MR) is 114 cm³/mol. The van der Waals surface area contributed by atoms with Crippen molar-refractivity contribution in [1.82, 2.24) is 16.0 Å². The van der Waals surface area contributed by atoms with Crippen LogP contribution < -0.4 is 33.2 Å². The Morgan fingerprint density at radius 2 is 1.52 bits per heavy atom. The molecule has 13 nitrogen and oxygen atoms in total. The first-order valence-corrected chi connectivity index (χ1v) is 9.94. The van der Waals surface area contributed by atoms with Gasteiger partial charge in [-0.3, -0.25) is 19.4 Å². The van der Waals surface area contributed by atoms with Crippen LogP contribution in [0.5, 0.6) is 0 Å². The first-order chi connectivity index (χ1) is 14.4. The third-order valence-electron chi connectivity index (χ3n) is 4.19. The van der Waals surface area contributed by atoms with Crippen molar-refractivity contribution in [1.29, 1.82) is 0 Å². The standard InChI is InChI=1S/C18H35N7O6/c1-9(2)7-12(16(29)25-13(8-26)17(30)31)24-14(27)10(3)23-15(28)11(19)5-4-6-22-18(20)21/h9-13,26H,4-8,19H2,1-3H3,(H,23,28)(H,24,27)(H,25,29)(H,30,31)(H4,20,21,22). The monoisotopic (exact) mass is 445 g/mol. The fourth-order valence-electron chi connectivity index (χ4n) is 2.49. The molecule has 31 heavy (non-hydrogen) atoms. The first-order valence-electron chi connectivity index (χ1n) is 9.94. The second kappa shape index (κ2) is 14.1. The van der Waals surface area contributed by atoms with E-state index in [1.807, 2.05) is 13.8 Å². The molecular formula is C18H35N7O6. The second-order valence-corrected chi connectivity index (χ2v) is 7.56. The van der Waals surface area contributed by atoms with Gasteiger partial charge in [-0.2, -0.15) is 0 Å². The topological polar surface area (TPSA) is 235 Å². The molecule has 178 valence electrons. The number of carbonyl (C=O) groups excluding carboxylic acids is 3. The van der Waals surface area contributed by atoms with E-state index in [2.05, 4.69) is 20.9 Å². The lowest BCUT2D eigenvalue weighted by Crippen LogP contribution is -2.57. The first kappa shape index (κ1) is 28.1. The minimum Gasteiger partial charge on any atom is -0.480 e. The zero-order chi connectivity index (χ0) is 24.1. The molecule has 0 fully saturated rings. The van der Waals surface area contributed by atoms with Gasteiger partial charge in [-0.25, -0.2) is 4.79 Å². The lowest BCUT2D eigenvalue weighted by atomic mass is 10.0. The summed E-state index contributed by atoms with van der Waals surface area (Å²) in [6, 6.07) is -4.41. The maximum absolute atomic E-state index is 12.5. The van der Waals surface area contributed by atoms with Crippen molar-refractivity contribution in [3.05, 3.63) is 0 Å². The van der Waals surface area contributed by atoms with Crippen molar-refractivity contribution >= 4 is 29.7 Å². The number of aliphatic imine (C=N–C) groups is 1. The number of nitrogens with one attached hydrogen (secondary N) is 3. The largest absolute Gasteiger partial charge is 0.480 e. The zero-order valence-corrected chi connectivity index (χ0v) is 18.1. The van der Waals surface area contributed by atoms with Crippen molar-refractivity contribution in [2.75, 3.05) is 13.2 Å². The Hall–Kier alpha value is -2.93.